The SMILES string of the molecule is COc1ccc2c(c1)c(-c1cc3c(Cl)ccnc3n1S(=O)(=O)c1ccc(C)cc1)cn2C. The molecule has 3 aromatic heterocycles. The van der Waals surface area contributed by atoms with Gasteiger partial charge in [-0.15, -0.1) is 0 Å². The summed E-state index contributed by atoms with van der Waals surface area (Å²) in [5, 5.41) is 1.87. The second-order valence-electron chi connectivity index (χ2n) is 7.68. The molecular weight excluding hydrogens is 446 g/mol. The number of aryl methyl sites for hydroxylation is 2. The predicted molar refractivity (Wildman–Crippen MR) is 127 cm³/mol. The number of methoxy groups -OCH3 is 1. The van der Waals surface area contributed by atoms with Crippen molar-refractivity contribution in [2.24, 2.45) is 7.05 Å². The normalized spacial score (nSPS) is 12.0. The van der Waals surface area contributed by atoms with Gasteiger partial charge in [-0.1, -0.05) is 29.3 Å². The minimum atomic E-state index is -3.95. The van der Waals surface area contributed by atoms with Crippen molar-refractivity contribution in [2.45, 2.75) is 11.8 Å². The van der Waals surface area contributed by atoms with Crippen molar-refractivity contribution in [1.29, 1.82) is 0 Å². The highest BCUT2D eigenvalue weighted by atomic mass is 35.5. The van der Waals surface area contributed by atoms with Crippen LogP contribution in [-0.2, 0) is 17.1 Å². The number of pyridine rings is 1. The standard InChI is InChI=1S/C24H20ClN3O3S/c1-15-4-7-17(8-5-15)32(29,30)28-23(13-19-21(25)10-11-26-24(19)28)20-14-27(2)22-9-6-16(31-3)12-18(20)22/h4-14H,1-3H3. The number of rotatable bonds is 4. The van der Waals surface area contributed by atoms with Crippen LogP contribution in [0, 0.1) is 6.92 Å². The second kappa shape index (κ2) is 7.39. The van der Waals surface area contributed by atoms with E-state index in [4.69, 9.17) is 16.3 Å². The molecule has 0 aliphatic rings. The highest BCUT2D eigenvalue weighted by molar-refractivity contribution is 7.90. The molecule has 2 aromatic carbocycles. The molecule has 0 spiro atoms. The molecule has 3 heterocycles. The molecule has 0 radical (unpaired) electrons. The minimum Gasteiger partial charge on any atom is -0.497 e. The quantitative estimate of drug-likeness (QED) is 0.356. The van der Waals surface area contributed by atoms with E-state index < -0.39 is 10.0 Å². The topological polar surface area (TPSA) is 66.1 Å². The third-order valence-corrected chi connectivity index (χ3v) is 7.69. The number of halogens is 1. The van der Waals surface area contributed by atoms with E-state index in [1.807, 2.05) is 42.9 Å². The first-order valence-corrected chi connectivity index (χ1v) is 11.7. The van der Waals surface area contributed by atoms with Crippen molar-refractivity contribution in [2.75, 3.05) is 7.11 Å². The summed E-state index contributed by atoms with van der Waals surface area (Å²) in [6.45, 7) is 1.91. The summed E-state index contributed by atoms with van der Waals surface area (Å²) in [6, 6.07) is 15.9. The maximum absolute atomic E-state index is 13.8. The maximum Gasteiger partial charge on any atom is 0.269 e. The number of hydrogen-bond acceptors (Lipinski definition) is 4. The number of ether oxygens (including phenoxy) is 1. The molecule has 0 aliphatic heterocycles. The molecule has 5 aromatic rings. The van der Waals surface area contributed by atoms with Crippen LogP contribution in [0.15, 0.2) is 71.9 Å². The van der Waals surface area contributed by atoms with Crippen LogP contribution >= 0.6 is 11.6 Å². The van der Waals surface area contributed by atoms with Crippen LogP contribution in [0.5, 0.6) is 5.75 Å². The van der Waals surface area contributed by atoms with Crippen LogP contribution in [0.25, 0.3) is 33.2 Å². The average molecular weight is 466 g/mol. The summed E-state index contributed by atoms with van der Waals surface area (Å²) in [6.07, 6.45) is 3.43. The number of aromatic nitrogens is 3. The van der Waals surface area contributed by atoms with Crippen LogP contribution in [0.3, 0.4) is 0 Å². The fourth-order valence-electron chi connectivity index (χ4n) is 3.99. The Morgan fingerprint density at radius 2 is 1.75 bits per heavy atom. The molecule has 0 fully saturated rings. The van der Waals surface area contributed by atoms with Crippen LogP contribution in [0.2, 0.25) is 5.02 Å². The number of nitrogens with zero attached hydrogens (tertiary/aromatic N) is 3. The van der Waals surface area contributed by atoms with E-state index in [1.165, 1.54) is 10.2 Å². The minimum absolute atomic E-state index is 0.182. The van der Waals surface area contributed by atoms with Crippen LogP contribution in [0.1, 0.15) is 5.56 Å². The first kappa shape index (κ1) is 20.6. The van der Waals surface area contributed by atoms with Gasteiger partial charge in [0.05, 0.1) is 22.7 Å². The number of benzene rings is 2. The van der Waals surface area contributed by atoms with Gasteiger partial charge in [0.2, 0.25) is 0 Å². The van der Waals surface area contributed by atoms with Crippen molar-refractivity contribution >= 4 is 43.6 Å². The van der Waals surface area contributed by atoms with Gasteiger partial charge in [0.15, 0.2) is 5.65 Å². The van der Waals surface area contributed by atoms with Crippen molar-refractivity contribution in [3.05, 3.63) is 77.6 Å². The zero-order valence-corrected chi connectivity index (χ0v) is 19.3. The van der Waals surface area contributed by atoms with Crippen LogP contribution in [0.4, 0.5) is 0 Å². The third kappa shape index (κ3) is 3.08. The Hall–Kier alpha value is -3.29. The summed E-state index contributed by atoms with van der Waals surface area (Å²) in [5.74, 6) is 0.685. The highest BCUT2D eigenvalue weighted by Crippen LogP contribution is 2.39. The molecule has 0 unspecified atom stereocenters. The Bertz CT molecular complexity index is 1600. The third-order valence-electron chi connectivity index (χ3n) is 5.64. The van der Waals surface area contributed by atoms with E-state index in [2.05, 4.69) is 4.98 Å². The predicted octanol–water partition coefficient (Wildman–Crippen LogP) is 5.40. The van der Waals surface area contributed by atoms with E-state index in [9.17, 15) is 8.42 Å². The largest absolute Gasteiger partial charge is 0.497 e. The molecule has 0 aliphatic carbocycles. The summed E-state index contributed by atoms with van der Waals surface area (Å²) in [7, 11) is -0.429. The summed E-state index contributed by atoms with van der Waals surface area (Å²) < 4.78 is 36.3. The van der Waals surface area contributed by atoms with Crippen molar-refractivity contribution in [3.63, 3.8) is 0 Å². The lowest BCUT2D eigenvalue weighted by Crippen LogP contribution is -2.14. The van der Waals surface area contributed by atoms with E-state index >= 15 is 0 Å². The Labute approximate surface area is 190 Å². The molecule has 0 saturated carbocycles. The maximum atomic E-state index is 13.8. The molecule has 6 nitrogen and oxygen atoms in total. The van der Waals surface area contributed by atoms with Crippen LogP contribution < -0.4 is 4.74 Å². The Morgan fingerprint density at radius 3 is 2.47 bits per heavy atom. The zero-order chi connectivity index (χ0) is 22.6. The summed E-state index contributed by atoms with van der Waals surface area (Å²) in [5.41, 5.74) is 3.44. The molecule has 162 valence electrons. The first-order chi connectivity index (χ1) is 15.3. The molecule has 0 saturated heterocycles. The fourth-order valence-corrected chi connectivity index (χ4v) is 5.66. The van der Waals surface area contributed by atoms with Gasteiger partial charge in [0.1, 0.15) is 5.75 Å². The molecule has 5 rings (SSSR count). The first-order valence-electron chi connectivity index (χ1n) is 9.93. The van der Waals surface area contributed by atoms with Gasteiger partial charge in [0.25, 0.3) is 10.0 Å². The average Bonchev–Trinajstić information content (AvgIpc) is 3.33. The fraction of sp³-hybridized carbons (Fsp3) is 0.125. The number of fused-ring (bicyclic) bond motifs is 2. The van der Waals surface area contributed by atoms with Gasteiger partial charge in [-0.3, -0.25) is 0 Å². The van der Waals surface area contributed by atoms with Gasteiger partial charge >= 0.3 is 0 Å². The van der Waals surface area contributed by atoms with E-state index in [1.54, 1.807) is 43.5 Å². The molecule has 0 atom stereocenters. The Balaban J connectivity index is 1.89. The van der Waals surface area contributed by atoms with E-state index in [-0.39, 0.29) is 10.5 Å². The monoisotopic (exact) mass is 465 g/mol. The van der Waals surface area contributed by atoms with Crippen molar-refractivity contribution in [3.8, 4) is 17.0 Å². The van der Waals surface area contributed by atoms with E-state index in [0.29, 0.717) is 21.9 Å². The number of hydrogen-bond donors (Lipinski definition) is 0. The molecule has 0 amide bonds. The molecule has 32 heavy (non-hydrogen) atoms. The van der Waals surface area contributed by atoms with Gasteiger partial charge in [-0.25, -0.2) is 17.4 Å². The summed E-state index contributed by atoms with van der Waals surface area (Å²) >= 11 is 6.44. The Kier molecular flexibility index (Phi) is 4.76. The lowest BCUT2D eigenvalue weighted by molar-refractivity contribution is 0.415. The van der Waals surface area contributed by atoms with Crippen molar-refractivity contribution in [1.82, 2.24) is 13.5 Å². The molecule has 0 bridgehead atoms. The van der Waals surface area contributed by atoms with Gasteiger partial charge < -0.3 is 9.30 Å². The molecule has 8 heteroatoms. The van der Waals surface area contributed by atoms with Gasteiger partial charge in [0, 0.05) is 41.3 Å². The lowest BCUT2D eigenvalue weighted by Gasteiger charge is -2.12. The smallest absolute Gasteiger partial charge is 0.269 e. The van der Waals surface area contributed by atoms with Crippen LogP contribution in [-0.4, -0.2) is 29.1 Å². The second-order valence-corrected chi connectivity index (χ2v) is 9.87. The zero-order valence-electron chi connectivity index (χ0n) is 17.7. The van der Waals surface area contributed by atoms with Crippen molar-refractivity contribution < 1.29 is 13.2 Å². The Morgan fingerprint density at radius 1 is 1.00 bits per heavy atom. The van der Waals surface area contributed by atoms with Gasteiger partial charge in [-0.2, -0.15) is 0 Å². The molecular formula is C24H20ClN3O3S. The van der Waals surface area contributed by atoms with Gasteiger partial charge in [-0.05, 0) is 49.4 Å². The molecule has 0 N–H and O–H groups in total. The highest BCUT2D eigenvalue weighted by Gasteiger charge is 2.27. The lowest BCUT2D eigenvalue weighted by atomic mass is 10.1. The summed E-state index contributed by atoms with van der Waals surface area (Å²) in [4.78, 5) is 4.57. The van der Waals surface area contributed by atoms with E-state index in [0.717, 1.165) is 22.0 Å².